The van der Waals surface area contributed by atoms with E-state index < -0.39 is 11.5 Å². The summed E-state index contributed by atoms with van der Waals surface area (Å²) in [5.74, 6) is -1.08. The van der Waals surface area contributed by atoms with E-state index in [1.54, 1.807) is 30.3 Å². The molecular formula is C21H19BN2O5. The molecular weight excluding hydrogens is 371 g/mol. The molecule has 3 aromatic rings. The fraction of sp³-hybridized carbons (Fsp3) is 0.190. The summed E-state index contributed by atoms with van der Waals surface area (Å²) in [6.45, 7) is 2.54. The van der Waals surface area contributed by atoms with E-state index in [0.717, 1.165) is 6.42 Å². The Morgan fingerprint density at radius 3 is 2.76 bits per heavy atom. The number of rotatable bonds is 7. The molecule has 0 aliphatic rings. The van der Waals surface area contributed by atoms with Gasteiger partial charge in [-0.25, -0.2) is 4.79 Å². The summed E-state index contributed by atoms with van der Waals surface area (Å²) >= 11 is 0. The SMILES string of the molecule is [B]c1ccc2c(=O)[nH]c(O)c(C=NCc3ccc(OCCC)c(C(=O)O)c3)c2c1. The van der Waals surface area contributed by atoms with Crippen molar-refractivity contribution in [3.8, 4) is 11.6 Å². The third-order valence-corrected chi connectivity index (χ3v) is 4.30. The van der Waals surface area contributed by atoms with Gasteiger partial charge in [-0.3, -0.25) is 14.8 Å². The maximum Gasteiger partial charge on any atom is 0.339 e. The maximum atomic E-state index is 12.0. The van der Waals surface area contributed by atoms with Crippen LogP contribution in [0.5, 0.6) is 11.6 Å². The summed E-state index contributed by atoms with van der Waals surface area (Å²) in [7, 11) is 5.80. The van der Waals surface area contributed by atoms with Gasteiger partial charge in [0.1, 0.15) is 19.2 Å². The van der Waals surface area contributed by atoms with E-state index >= 15 is 0 Å². The first-order valence-electron chi connectivity index (χ1n) is 9.04. The molecule has 0 amide bonds. The molecule has 3 N–H and O–H groups in total. The van der Waals surface area contributed by atoms with Gasteiger partial charge in [0.05, 0.1) is 18.7 Å². The van der Waals surface area contributed by atoms with Gasteiger partial charge in [-0.1, -0.05) is 30.6 Å². The predicted molar refractivity (Wildman–Crippen MR) is 112 cm³/mol. The molecule has 0 atom stereocenters. The van der Waals surface area contributed by atoms with Crippen molar-refractivity contribution in [1.82, 2.24) is 4.98 Å². The van der Waals surface area contributed by atoms with Crippen LogP contribution in [0.1, 0.15) is 34.8 Å². The molecule has 0 spiro atoms. The monoisotopic (exact) mass is 390 g/mol. The van der Waals surface area contributed by atoms with Crippen molar-refractivity contribution >= 4 is 36.3 Å². The van der Waals surface area contributed by atoms with E-state index in [1.807, 2.05) is 6.92 Å². The number of carbonyl (C=O) groups is 1. The van der Waals surface area contributed by atoms with Crippen LogP contribution in [0.15, 0.2) is 46.2 Å². The van der Waals surface area contributed by atoms with Crippen molar-refractivity contribution < 1.29 is 19.7 Å². The molecule has 0 aliphatic heterocycles. The van der Waals surface area contributed by atoms with Crippen LogP contribution < -0.4 is 15.8 Å². The second-order valence-corrected chi connectivity index (χ2v) is 6.48. The lowest BCUT2D eigenvalue weighted by molar-refractivity contribution is 0.0692. The minimum absolute atomic E-state index is 0.0660. The van der Waals surface area contributed by atoms with Crippen LogP contribution in [-0.2, 0) is 6.54 Å². The fourth-order valence-electron chi connectivity index (χ4n) is 2.91. The number of nitrogens with zero attached hydrogens (tertiary/aromatic N) is 1. The maximum absolute atomic E-state index is 12.0. The number of pyridine rings is 1. The van der Waals surface area contributed by atoms with Crippen LogP contribution in [0.3, 0.4) is 0 Å². The van der Waals surface area contributed by atoms with Gasteiger partial charge in [-0.15, -0.1) is 0 Å². The number of benzene rings is 2. The number of aromatic amines is 1. The summed E-state index contributed by atoms with van der Waals surface area (Å²) in [6, 6.07) is 9.62. The molecule has 3 rings (SSSR count). The van der Waals surface area contributed by atoms with E-state index in [4.69, 9.17) is 12.6 Å². The summed E-state index contributed by atoms with van der Waals surface area (Å²) in [4.78, 5) is 30.2. The second kappa shape index (κ2) is 8.64. The van der Waals surface area contributed by atoms with Crippen LogP contribution >= 0.6 is 0 Å². The van der Waals surface area contributed by atoms with Gasteiger partial charge in [-0.05, 0) is 30.2 Å². The van der Waals surface area contributed by atoms with Crippen LogP contribution in [0.2, 0.25) is 0 Å². The van der Waals surface area contributed by atoms with Crippen molar-refractivity contribution in [3.05, 3.63) is 63.4 Å². The van der Waals surface area contributed by atoms with Crippen LogP contribution in [-0.4, -0.2) is 41.8 Å². The molecule has 1 aromatic heterocycles. The van der Waals surface area contributed by atoms with E-state index in [9.17, 15) is 19.8 Å². The number of aromatic nitrogens is 1. The van der Waals surface area contributed by atoms with E-state index in [0.29, 0.717) is 39.7 Å². The van der Waals surface area contributed by atoms with Gasteiger partial charge in [0.2, 0.25) is 5.88 Å². The molecule has 2 aromatic carbocycles. The topological polar surface area (TPSA) is 112 Å². The zero-order chi connectivity index (χ0) is 21.0. The molecule has 0 saturated heterocycles. The normalized spacial score (nSPS) is 11.2. The van der Waals surface area contributed by atoms with Crippen LogP contribution in [0.4, 0.5) is 0 Å². The minimum Gasteiger partial charge on any atom is -0.494 e. The number of hydrogen-bond donors (Lipinski definition) is 3. The van der Waals surface area contributed by atoms with Crippen molar-refractivity contribution in [3.63, 3.8) is 0 Å². The number of aromatic hydroxyl groups is 1. The molecule has 7 nitrogen and oxygen atoms in total. The van der Waals surface area contributed by atoms with Gasteiger partial charge >= 0.3 is 5.97 Å². The Hall–Kier alpha value is -3.55. The predicted octanol–water partition coefficient (Wildman–Crippen LogP) is 2.13. The molecule has 2 radical (unpaired) electrons. The average molecular weight is 390 g/mol. The third kappa shape index (κ3) is 4.48. The summed E-state index contributed by atoms with van der Waals surface area (Å²) in [5.41, 5.74) is 1.08. The Kier molecular flexibility index (Phi) is 6.02. The van der Waals surface area contributed by atoms with Gasteiger partial charge < -0.3 is 14.9 Å². The molecule has 0 saturated carbocycles. The smallest absolute Gasteiger partial charge is 0.339 e. The van der Waals surface area contributed by atoms with Gasteiger partial charge in [-0.2, -0.15) is 0 Å². The first kappa shape index (κ1) is 20.2. The highest BCUT2D eigenvalue weighted by Gasteiger charge is 2.13. The van der Waals surface area contributed by atoms with Crippen molar-refractivity contribution in [2.75, 3.05) is 6.61 Å². The second-order valence-electron chi connectivity index (χ2n) is 6.48. The molecule has 146 valence electrons. The number of fused-ring (bicyclic) bond motifs is 1. The highest BCUT2D eigenvalue weighted by Crippen LogP contribution is 2.22. The zero-order valence-corrected chi connectivity index (χ0v) is 15.8. The first-order chi connectivity index (χ1) is 13.9. The number of nitrogens with one attached hydrogen (secondary N) is 1. The average Bonchev–Trinajstić information content (AvgIpc) is 2.68. The number of H-pyrrole nitrogens is 1. The van der Waals surface area contributed by atoms with Gasteiger partial charge in [0, 0.05) is 17.0 Å². The summed E-state index contributed by atoms with van der Waals surface area (Å²) in [5, 5.41) is 20.4. The quantitative estimate of drug-likeness (QED) is 0.423. The molecule has 0 fully saturated rings. The highest BCUT2D eigenvalue weighted by atomic mass is 16.5. The van der Waals surface area contributed by atoms with Crippen molar-refractivity contribution in [2.45, 2.75) is 19.9 Å². The third-order valence-electron chi connectivity index (χ3n) is 4.30. The minimum atomic E-state index is -1.08. The number of aliphatic imine (C=N–C) groups is 1. The van der Waals surface area contributed by atoms with Gasteiger partial charge in [0.25, 0.3) is 5.56 Å². The van der Waals surface area contributed by atoms with E-state index in [-0.39, 0.29) is 18.0 Å². The Bertz CT molecular complexity index is 1150. The van der Waals surface area contributed by atoms with E-state index in [1.165, 1.54) is 12.3 Å². The summed E-state index contributed by atoms with van der Waals surface area (Å²) < 4.78 is 5.46. The molecule has 0 unspecified atom stereocenters. The Labute approximate surface area is 168 Å². The zero-order valence-electron chi connectivity index (χ0n) is 15.8. The molecule has 29 heavy (non-hydrogen) atoms. The number of aromatic carboxylic acids is 1. The number of carboxylic acid groups (broad SMARTS) is 1. The van der Waals surface area contributed by atoms with Crippen LogP contribution in [0, 0.1) is 0 Å². The Balaban J connectivity index is 1.90. The summed E-state index contributed by atoms with van der Waals surface area (Å²) in [6.07, 6.45) is 2.20. The standard InChI is InChI=1S/C21H19BN2O5/c1-2-7-29-18-6-3-12(8-16(18)21(27)28)10-23-11-17-15-9-13(22)4-5-14(15)19(25)24-20(17)26/h3-6,8-9,11H,2,7,10H2,1H3,(H,27,28)(H2,24,25,26). The largest absolute Gasteiger partial charge is 0.494 e. The Morgan fingerprint density at radius 2 is 2.03 bits per heavy atom. The lowest BCUT2D eigenvalue weighted by Crippen LogP contribution is -2.11. The number of carboxylic acids is 1. The first-order valence-corrected chi connectivity index (χ1v) is 9.04. The fourth-order valence-corrected chi connectivity index (χ4v) is 2.91. The van der Waals surface area contributed by atoms with Crippen molar-refractivity contribution in [2.24, 2.45) is 4.99 Å². The van der Waals surface area contributed by atoms with Crippen molar-refractivity contribution in [1.29, 1.82) is 0 Å². The molecule has 1 heterocycles. The van der Waals surface area contributed by atoms with Gasteiger partial charge in [0.15, 0.2) is 0 Å². The highest BCUT2D eigenvalue weighted by molar-refractivity contribution is 6.33. The number of ether oxygens (including phenoxy) is 1. The molecule has 0 bridgehead atoms. The van der Waals surface area contributed by atoms with E-state index in [2.05, 4.69) is 9.98 Å². The molecule has 8 heteroatoms. The molecule has 0 aliphatic carbocycles. The van der Waals surface area contributed by atoms with Crippen LogP contribution in [0.25, 0.3) is 10.8 Å². The Morgan fingerprint density at radius 1 is 1.24 bits per heavy atom. The lowest BCUT2D eigenvalue weighted by atomic mass is 9.92. The number of hydrogen-bond acceptors (Lipinski definition) is 5. The lowest BCUT2D eigenvalue weighted by Gasteiger charge is -2.09.